The summed E-state index contributed by atoms with van der Waals surface area (Å²) in [7, 11) is -8.22. The number of para-hydroxylation sites is 1. The summed E-state index contributed by atoms with van der Waals surface area (Å²) in [5.74, 6) is -1.85. The molecule has 4 aromatic rings. The number of hydrogen-bond donors (Lipinski definition) is 1. The molecule has 51 heavy (non-hydrogen) atoms. The van der Waals surface area contributed by atoms with E-state index < -0.39 is 50.4 Å². The number of furan rings is 1. The van der Waals surface area contributed by atoms with E-state index in [9.17, 15) is 31.2 Å². The highest BCUT2D eigenvalue weighted by Crippen LogP contribution is 2.38. The first-order chi connectivity index (χ1) is 24.5. The molecule has 7 rings (SSSR count). The summed E-state index contributed by atoms with van der Waals surface area (Å²) < 4.78 is 62.6. The number of anilines is 1. The number of aryl methyl sites for hydroxylation is 1. The lowest BCUT2D eigenvalue weighted by atomic mass is 9.99. The number of nitrogens with one attached hydrogen (secondary N) is 1. The summed E-state index contributed by atoms with van der Waals surface area (Å²) >= 11 is 0. The monoisotopic (exact) mass is 732 g/mol. The molecule has 12 nitrogen and oxygen atoms in total. The summed E-state index contributed by atoms with van der Waals surface area (Å²) in [4.78, 5) is 43.7. The van der Waals surface area contributed by atoms with Crippen molar-refractivity contribution in [2.45, 2.75) is 80.2 Å². The first-order valence-corrected chi connectivity index (χ1v) is 20.2. The Kier molecular flexibility index (Phi) is 9.50. The van der Waals surface area contributed by atoms with Crippen LogP contribution in [-0.4, -0.2) is 68.8 Å². The van der Waals surface area contributed by atoms with Crippen molar-refractivity contribution in [1.29, 1.82) is 0 Å². The summed E-state index contributed by atoms with van der Waals surface area (Å²) in [5.41, 5.74) is 0.983. The zero-order valence-electron chi connectivity index (χ0n) is 28.3. The molecule has 1 N–H and O–H groups in total. The van der Waals surface area contributed by atoms with E-state index in [0.29, 0.717) is 39.7 Å². The van der Waals surface area contributed by atoms with Gasteiger partial charge < -0.3 is 9.73 Å². The molecule has 1 saturated heterocycles. The Balaban J connectivity index is 1.34. The number of hydrogen-bond acceptors (Lipinski definition) is 8. The van der Waals surface area contributed by atoms with E-state index in [1.54, 1.807) is 37.3 Å². The summed E-state index contributed by atoms with van der Waals surface area (Å²) in [6.07, 6.45) is 6.83. The Morgan fingerprint density at radius 1 is 0.902 bits per heavy atom. The maximum atomic E-state index is 14.7. The van der Waals surface area contributed by atoms with Crippen molar-refractivity contribution in [1.82, 2.24) is 13.9 Å². The number of benzene rings is 3. The molecule has 2 fully saturated rings. The fourth-order valence-corrected chi connectivity index (χ4v) is 10.5. The number of amides is 3. The van der Waals surface area contributed by atoms with Crippen molar-refractivity contribution in [3.05, 3.63) is 89.7 Å². The molecular weight excluding hydrogens is 693 g/mol. The lowest BCUT2D eigenvalue weighted by molar-refractivity contribution is -0.127. The van der Waals surface area contributed by atoms with Crippen molar-refractivity contribution in [2.24, 2.45) is 0 Å². The minimum absolute atomic E-state index is 0.0326. The van der Waals surface area contributed by atoms with Crippen LogP contribution in [0.4, 0.5) is 5.69 Å². The Labute approximate surface area is 297 Å². The SMILES string of the molecule is Cc1oc2ccccc2c1C(C(=O)NC1CCCC1)N(C(=O)CN1C(=O)c2ccccc2S1(=O)=O)c1ccc(S(=O)(=O)N2CCCCCC2)cc1. The van der Waals surface area contributed by atoms with E-state index in [2.05, 4.69) is 5.32 Å². The van der Waals surface area contributed by atoms with E-state index >= 15 is 0 Å². The van der Waals surface area contributed by atoms with Crippen LogP contribution in [-0.2, 0) is 29.6 Å². The minimum Gasteiger partial charge on any atom is -0.461 e. The van der Waals surface area contributed by atoms with Gasteiger partial charge in [-0.15, -0.1) is 0 Å². The molecule has 1 saturated carbocycles. The maximum absolute atomic E-state index is 14.7. The molecule has 1 unspecified atom stereocenters. The molecule has 0 spiro atoms. The lowest BCUT2D eigenvalue weighted by Crippen LogP contribution is -2.50. The predicted octanol–water partition coefficient (Wildman–Crippen LogP) is 5.28. The van der Waals surface area contributed by atoms with Gasteiger partial charge in [0.2, 0.25) is 21.8 Å². The van der Waals surface area contributed by atoms with Crippen LogP contribution in [0.5, 0.6) is 0 Å². The van der Waals surface area contributed by atoms with Crippen molar-refractivity contribution < 1.29 is 35.6 Å². The second kappa shape index (κ2) is 13.9. The first kappa shape index (κ1) is 34.9. The molecule has 3 aromatic carbocycles. The second-order valence-electron chi connectivity index (χ2n) is 13.3. The highest BCUT2D eigenvalue weighted by Gasteiger charge is 2.45. The molecule has 3 aliphatic rings. The molecule has 0 bridgehead atoms. The molecule has 3 heterocycles. The zero-order chi connectivity index (χ0) is 35.9. The van der Waals surface area contributed by atoms with Crippen LogP contribution < -0.4 is 10.2 Å². The molecule has 1 aromatic heterocycles. The van der Waals surface area contributed by atoms with Crippen LogP contribution in [0.3, 0.4) is 0 Å². The standard InChI is InChI=1S/C37H40N4O8S2/c1-25-34(29-14-6-8-16-31(29)49-25)35(36(43)38-26-12-4-5-13-26)41(33(42)24-40-37(44)30-15-7-9-17-32(30)51(40,47)48)27-18-20-28(21-19-27)50(45,46)39-22-10-2-3-11-23-39/h6-9,14-21,26,35H,2-5,10-13,22-24H2,1H3,(H,38,43). The van der Waals surface area contributed by atoms with Gasteiger partial charge in [-0.05, 0) is 75.1 Å². The third kappa shape index (κ3) is 6.44. The highest BCUT2D eigenvalue weighted by molar-refractivity contribution is 7.90. The quantitative estimate of drug-likeness (QED) is 0.244. The smallest absolute Gasteiger partial charge is 0.269 e. The van der Waals surface area contributed by atoms with Gasteiger partial charge >= 0.3 is 0 Å². The van der Waals surface area contributed by atoms with Crippen LogP contribution in [0.25, 0.3) is 11.0 Å². The average Bonchev–Trinajstić information content (AvgIpc) is 3.70. The van der Waals surface area contributed by atoms with Crippen LogP contribution >= 0.6 is 0 Å². The van der Waals surface area contributed by atoms with Gasteiger partial charge in [-0.2, -0.15) is 4.31 Å². The normalized spacial score (nSPS) is 18.8. The third-order valence-electron chi connectivity index (χ3n) is 10.1. The largest absolute Gasteiger partial charge is 0.461 e. The number of carbonyl (C=O) groups excluding carboxylic acids is 3. The molecule has 3 amide bonds. The second-order valence-corrected chi connectivity index (χ2v) is 17.1. The van der Waals surface area contributed by atoms with Gasteiger partial charge in [0.1, 0.15) is 28.8 Å². The fourth-order valence-electron chi connectivity index (χ4n) is 7.49. The minimum atomic E-state index is -4.38. The van der Waals surface area contributed by atoms with Gasteiger partial charge in [0, 0.05) is 35.8 Å². The van der Waals surface area contributed by atoms with Crippen LogP contribution in [0.1, 0.15) is 79.1 Å². The summed E-state index contributed by atoms with van der Waals surface area (Å²) in [6.45, 7) is 1.61. The van der Waals surface area contributed by atoms with Crippen LogP contribution in [0, 0.1) is 6.92 Å². The Bertz CT molecular complexity index is 2200. The first-order valence-electron chi connectivity index (χ1n) is 17.4. The zero-order valence-corrected chi connectivity index (χ0v) is 29.9. The summed E-state index contributed by atoms with van der Waals surface area (Å²) in [5, 5.41) is 3.69. The Morgan fingerprint density at radius 3 is 2.24 bits per heavy atom. The number of nitrogens with zero attached hydrogens (tertiary/aromatic N) is 3. The predicted molar refractivity (Wildman–Crippen MR) is 190 cm³/mol. The molecule has 0 radical (unpaired) electrons. The molecule has 1 atom stereocenters. The van der Waals surface area contributed by atoms with Gasteiger partial charge in [0.25, 0.3) is 15.9 Å². The number of carbonyl (C=O) groups is 3. The maximum Gasteiger partial charge on any atom is 0.269 e. The third-order valence-corrected chi connectivity index (χ3v) is 13.8. The number of fused-ring (bicyclic) bond motifs is 2. The summed E-state index contributed by atoms with van der Waals surface area (Å²) in [6, 6.07) is 17.0. The highest BCUT2D eigenvalue weighted by atomic mass is 32.2. The average molecular weight is 733 g/mol. The number of rotatable bonds is 9. The fraction of sp³-hybridized carbons (Fsp3) is 0.378. The van der Waals surface area contributed by atoms with Crippen molar-refractivity contribution in [3.63, 3.8) is 0 Å². The van der Waals surface area contributed by atoms with Crippen molar-refractivity contribution >= 4 is 54.4 Å². The van der Waals surface area contributed by atoms with Crippen molar-refractivity contribution in [2.75, 3.05) is 24.5 Å². The van der Waals surface area contributed by atoms with E-state index in [1.165, 1.54) is 51.7 Å². The van der Waals surface area contributed by atoms with E-state index in [-0.39, 0.29) is 27.1 Å². The van der Waals surface area contributed by atoms with Gasteiger partial charge in [-0.1, -0.05) is 56.0 Å². The van der Waals surface area contributed by atoms with E-state index in [1.807, 2.05) is 0 Å². The Morgan fingerprint density at radius 2 is 1.55 bits per heavy atom. The Hall–Kier alpha value is -4.53. The lowest BCUT2D eigenvalue weighted by Gasteiger charge is -2.33. The van der Waals surface area contributed by atoms with Gasteiger partial charge in [0.15, 0.2) is 0 Å². The molecule has 268 valence electrons. The number of sulfonamides is 2. The van der Waals surface area contributed by atoms with Crippen molar-refractivity contribution in [3.8, 4) is 0 Å². The molecule has 2 aliphatic heterocycles. The molecular formula is C37H40N4O8S2. The van der Waals surface area contributed by atoms with Crippen LogP contribution in [0.15, 0.2) is 87.0 Å². The van der Waals surface area contributed by atoms with E-state index in [0.717, 1.165) is 51.4 Å². The topological polar surface area (TPSA) is 154 Å². The molecule has 1 aliphatic carbocycles. The van der Waals surface area contributed by atoms with Crippen LogP contribution in [0.2, 0.25) is 0 Å². The van der Waals surface area contributed by atoms with Gasteiger partial charge in [-0.3, -0.25) is 19.3 Å². The van der Waals surface area contributed by atoms with Gasteiger partial charge in [-0.25, -0.2) is 21.1 Å². The van der Waals surface area contributed by atoms with E-state index in [4.69, 9.17) is 4.42 Å². The van der Waals surface area contributed by atoms with Gasteiger partial charge in [0.05, 0.1) is 10.5 Å². The molecule has 14 heteroatoms.